The van der Waals surface area contributed by atoms with Gasteiger partial charge < -0.3 is 10.6 Å². The number of amides is 2. The second-order valence-electron chi connectivity index (χ2n) is 5.06. The Morgan fingerprint density at radius 3 is 2.32 bits per heavy atom. The lowest BCUT2D eigenvalue weighted by Crippen LogP contribution is -2.15. The number of halogens is 1. The number of anilines is 2. The van der Waals surface area contributed by atoms with Crippen LogP contribution in [0.15, 0.2) is 42.5 Å². The van der Waals surface area contributed by atoms with Gasteiger partial charge in [0.15, 0.2) is 0 Å². The Morgan fingerprint density at radius 1 is 1.05 bits per heavy atom. The van der Waals surface area contributed by atoms with Gasteiger partial charge in [-0.25, -0.2) is 0 Å². The number of benzene rings is 2. The molecule has 0 spiro atoms. The van der Waals surface area contributed by atoms with Gasteiger partial charge in [0.1, 0.15) is 0 Å². The summed E-state index contributed by atoms with van der Waals surface area (Å²) in [7, 11) is 0. The van der Waals surface area contributed by atoms with E-state index in [1.54, 1.807) is 12.1 Å². The van der Waals surface area contributed by atoms with Crippen molar-refractivity contribution in [2.45, 2.75) is 20.3 Å². The topological polar surface area (TPSA) is 58.2 Å². The minimum Gasteiger partial charge on any atom is -0.326 e. The van der Waals surface area contributed by atoms with Crippen LogP contribution in [0.5, 0.6) is 0 Å². The summed E-state index contributed by atoms with van der Waals surface area (Å²) in [5, 5.41) is 5.62. The maximum absolute atomic E-state index is 12.1. The van der Waals surface area contributed by atoms with E-state index in [9.17, 15) is 9.59 Å². The average Bonchev–Trinajstić information content (AvgIpc) is 2.43. The Hall–Kier alpha value is -1.89. The molecule has 0 radical (unpaired) electrons. The monoisotopic (exact) mass is 408 g/mol. The van der Waals surface area contributed by atoms with E-state index in [0.717, 1.165) is 26.1 Å². The van der Waals surface area contributed by atoms with Crippen LogP contribution in [0.2, 0.25) is 0 Å². The first-order valence-electron chi connectivity index (χ1n) is 6.86. The molecule has 0 aliphatic heterocycles. The molecule has 0 unspecified atom stereocenters. The lowest BCUT2D eigenvalue weighted by Gasteiger charge is -2.09. The molecular formula is C17H17IN2O2. The molecule has 0 saturated carbocycles. The van der Waals surface area contributed by atoms with E-state index in [0.29, 0.717) is 6.42 Å². The normalized spacial score (nSPS) is 10.1. The predicted molar refractivity (Wildman–Crippen MR) is 97.0 cm³/mol. The van der Waals surface area contributed by atoms with Gasteiger partial charge in [-0.3, -0.25) is 9.59 Å². The molecule has 0 aliphatic carbocycles. The Labute approximate surface area is 143 Å². The summed E-state index contributed by atoms with van der Waals surface area (Å²) < 4.78 is 1.14. The van der Waals surface area contributed by atoms with Crippen molar-refractivity contribution >= 4 is 45.8 Å². The summed E-state index contributed by atoms with van der Waals surface area (Å²) >= 11 is 2.24. The fourth-order valence-electron chi connectivity index (χ4n) is 2.06. The van der Waals surface area contributed by atoms with Crippen LogP contribution in [0, 0.1) is 10.5 Å². The van der Waals surface area contributed by atoms with Gasteiger partial charge in [-0.15, -0.1) is 0 Å². The average molecular weight is 408 g/mol. The first-order chi connectivity index (χ1) is 10.4. The van der Waals surface area contributed by atoms with Crippen LogP contribution in [0.3, 0.4) is 0 Å². The molecule has 22 heavy (non-hydrogen) atoms. The van der Waals surface area contributed by atoms with Crippen LogP contribution in [-0.4, -0.2) is 11.8 Å². The molecule has 2 aromatic rings. The second kappa shape index (κ2) is 7.40. The summed E-state index contributed by atoms with van der Waals surface area (Å²) in [6.07, 6.45) is 0.297. The van der Waals surface area contributed by atoms with Gasteiger partial charge in [-0.05, 0) is 71.0 Å². The highest BCUT2D eigenvalue weighted by molar-refractivity contribution is 14.1. The van der Waals surface area contributed by atoms with E-state index in [2.05, 4.69) is 33.2 Å². The molecule has 0 aliphatic rings. The summed E-state index contributed by atoms with van der Waals surface area (Å²) in [5.74, 6) is -0.170. The summed E-state index contributed by atoms with van der Waals surface area (Å²) in [6.45, 7) is 3.44. The first kappa shape index (κ1) is 16.5. The van der Waals surface area contributed by atoms with Crippen LogP contribution in [0.4, 0.5) is 11.4 Å². The highest BCUT2D eigenvalue weighted by atomic mass is 127. The SMILES string of the molecule is CC(=O)Nc1ccc(CC(=O)Nc2ccc(I)cc2C)cc1. The molecule has 0 fully saturated rings. The van der Waals surface area contributed by atoms with Crippen LogP contribution in [-0.2, 0) is 16.0 Å². The number of carbonyl (C=O) groups is 2. The van der Waals surface area contributed by atoms with E-state index in [-0.39, 0.29) is 11.8 Å². The lowest BCUT2D eigenvalue weighted by atomic mass is 10.1. The molecule has 0 atom stereocenters. The Morgan fingerprint density at radius 2 is 1.73 bits per heavy atom. The van der Waals surface area contributed by atoms with E-state index in [1.807, 2.05) is 37.3 Å². The molecule has 0 bridgehead atoms. The fourth-order valence-corrected chi connectivity index (χ4v) is 2.70. The van der Waals surface area contributed by atoms with Gasteiger partial charge in [0.25, 0.3) is 0 Å². The maximum Gasteiger partial charge on any atom is 0.228 e. The zero-order valence-corrected chi connectivity index (χ0v) is 14.6. The quantitative estimate of drug-likeness (QED) is 0.758. The van der Waals surface area contributed by atoms with E-state index in [4.69, 9.17) is 0 Å². The molecule has 2 aromatic carbocycles. The fraction of sp³-hybridized carbons (Fsp3) is 0.176. The van der Waals surface area contributed by atoms with Crippen LogP contribution < -0.4 is 10.6 Å². The van der Waals surface area contributed by atoms with Crippen molar-refractivity contribution in [1.29, 1.82) is 0 Å². The standard InChI is InChI=1S/C17H17IN2O2/c1-11-9-14(18)5-8-16(11)20-17(22)10-13-3-6-15(7-4-13)19-12(2)21/h3-9H,10H2,1-2H3,(H,19,21)(H,20,22). The number of nitrogens with one attached hydrogen (secondary N) is 2. The lowest BCUT2D eigenvalue weighted by molar-refractivity contribution is -0.116. The largest absolute Gasteiger partial charge is 0.326 e. The molecule has 5 heteroatoms. The molecule has 2 N–H and O–H groups in total. The van der Waals surface area contributed by atoms with E-state index >= 15 is 0 Å². The third kappa shape index (κ3) is 4.84. The number of aryl methyl sites for hydroxylation is 1. The number of hydrogen-bond donors (Lipinski definition) is 2. The summed E-state index contributed by atoms with van der Waals surface area (Å²) in [5.41, 5.74) is 3.50. The third-order valence-electron chi connectivity index (χ3n) is 3.10. The van der Waals surface area contributed by atoms with Crippen molar-refractivity contribution < 1.29 is 9.59 Å². The molecule has 4 nitrogen and oxygen atoms in total. The molecule has 2 amide bonds. The van der Waals surface area contributed by atoms with Crippen molar-refractivity contribution in [2.24, 2.45) is 0 Å². The first-order valence-corrected chi connectivity index (χ1v) is 7.94. The van der Waals surface area contributed by atoms with Gasteiger partial charge in [-0.2, -0.15) is 0 Å². The van der Waals surface area contributed by atoms with Gasteiger partial charge in [0, 0.05) is 21.9 Å². The smallest absolute Gasteiger partial charge is 0.228 e. The summed E-state index contributed by atoms with van der Waals surface area (Å²) in [6, 6.07) is 13.2. The van der Waals surface area contributed by atoms with Crippen molar-refractivity contribution in [1.82, 2.24) is 0 Å². The summed E-state index contributed by atoms with van der Waals surface area (Å²) in [4.78, 5) is 23.1. The zero-order chi connectivity index (χ0) is 16.1. The van der Waals surface area contributed by atoms with Crippen LogP contribution in [0.25, 0.3) is 0 Å². The Bertz CT molecular complexity index is 696. The minimum absolute atomic E-state index is 0.0587. The zero-order valence-electron chi connectivity index (χ0n) is 12.4. The van der Waals surface area contributed by atoms with Gasteiger partial charge in [0.05, 0.1) is 6.42 Å². The van der Waals surface area contributed by atoms with Gasteiger partial charge in [0.2, 0.25) is 11.8 Å². The maximum atomic E-state index is 12.1. The molecular weight excluding hydrogens is 391 g/mol. The molecule has 0 heterocycles. The van der Waals surface area contributed by atoms with Crippen LogP contribution in [0.1, 0.15) is 18.1 Å². The van der Waals surface area contributed by atoms with Crippen molar-refractivity contribution in [3.05, 3.63) is 57.2 Å². The molecule has 0 aromatic heterocycles. The Balaban J connectivity index is 1.98. The second-order valence-corrected chi connectivity index (χ2v) is 6.31. The third-order valence-corrected chi connectivity index (χ3v) is 3.77. The molecule has 2 rings (SSSR count). The van der Waals surface area contributed by atoms with Gasteiger partial charge in [-0.1, -0.05) is 12.1 Å². The highest BCUT2D eigenvalue weighted by Crippen LogP contribution is 2.18. The predicted octanol–water partition coefficient (Wildman–Crippen LogP) is 3.74. The van der Waals surface area contributed by atoms with Crippen molar-refractivity contribution in [2.75, 3.05) is 10.6 Å². The van der Waals surface area contributed by atoms with Gasteiger partial charge >= 0.3 is 0 Å². The molecule has 0 saturated heterocycles. The van der Waals surface area contributed by atoms with Crippen molar-refractivity contribution in [3.63, 3.8) is 0 Å². The van der Waals surface area contributed by atoms with E-state index in [1.165, 1.54) is 6.92 Å². The van der Waals surface area contributed by atoms with E-state index < -0.39 is 0 Å². The van der Waals surface area contributed by atoms with Crippen LogP contribution >= 0.6 is 22.6 Å². The number of carbonyl (C=O) groups excluding carboxylic acids is 2. The Kier molecular flexibility index (Phi) is 5.54. The van der Waals surface area contributed by atoms with Crippen molar-refractivity contribution in [3.8, 4) is 0 Å². The molecule has 114 valence electrons. The number of hydrogen-bond acceptors (Lipinski definition) is 2. The highest BCUT2D eigenvalue weighted by Gasteiger charge is 2.06. The number of rotatable bonds is 4. The minimum atomic E-state index is -0.111.